The molecule has 1 N–H and O–H groups in total. The minimum Gasteiger partial charge on any atom is -0.356 e. The highest BCUT2D eigenvalue weighted by molar-refractivity contribution is 6.02. The molecular formula is C9H14N2O3. The van der Waals surface area contributed by atoms with Crippen LogP contribution in [-0.4, -0.2) is 35.7 Å². The van der Waals surface area contributed by atoms with Crippen LogP contribution in [0.4, 0.5) is 0 Å². The molecule has 1 rings (SSSR count). The van der Waals surface area contributed by atoms with Crippen LogP contribution in [0.25, 0.3) is 0 Å². The van der Waals surface area contributed by atoms with Crippen LogP contribution in [-0.2, 0) is 14.4 Å². The van der Waals surface area contributed by atoms with Gasteiger partial charge in [0, 0.05) is 32.4 Å². The molecule has 0 atom stereocenters. The Balaban J connectivity index is 2.33. The largest absolute Gasteiger partial charge is 0.356 e. The minimum atomic E-state index is -0.167. The Morgan fingerprint density at radius 1 is 1.36 bits per heavy atom. The van der Waals surface area contributed by atoms with E-state index in [1.165, 1.54) is 0 Å². The molecule has 3 amide bonds. The maximum absolute atomic E-state index is 11.1. The van der Waals surface area contributed by atoms with Gasteiger partial charge < -0.3 is 5.32 Å². The third kappa shape index (κ3) is 2.55. The number of rotatable bonds is 4. The predicted molar refractivity (Wildman–Crippen MR) is 49.3 cm³/mol. The van der Waals surface area contributed by atoms with Crippen LogP contribution in [0.5, 0.6) is 0 Å². The Hall–Kier alpha value is -1.39. The van der Waals surface area contributed by atoms with E-state index in [0.717, 1.165) is 4.90 Å². The summed E-state index contributed by atoms with van der Waals surface area (Å²) in [6.07, 6.45) is 0.772. The molecule has 0 saturated carbocycles. The summed E-state index contributed by atoms with van der Waals surface area (Å²) in [5, 5.41) is 2.61. The quantitative estimate of drug-likeness (QED) is 0.628. The lowest BCUT2D eigenvalue weighted by molar-refractivity contribution is -0.138. The first-order chi connectivity index (χ1) is 6.65. The Labute approximate surface area is 82.4 Å². The fourth-order valence-electron chi connectivity index (χ4n) is 1.37. The number of carbonyl (C=O) groups excluding carboxylic acids is 3. The molecule has 0 aliphatic carbocycles. The van der Waals surface area contributed by atoms with E-state index in [9.17, 15) is 14.4 Å². The first-order valence-corrected chi connectivity index (χ1v) is 4.75. The van der Waals surface area contributed by atoms with Gasteiger partial charge in [0.05, 0.1) is 0 Å². The topological polar surface area (TPSA) is 66.5 Å². The summed E-state index contributed by atoms with van der Waals surface area (Å²) in [4.78, 5) is 34.5. The van der Waals surface area contributed by atoms with Gasteiger partial charge in [-0.05, 0) is 6.92 Å². The minimum absolute atomic E-state index is 0.125. The molecular weight excluding hydrogens is 184 g/mol. The van der Waals surface area contributed by atoms with Crippen LogP contribution in [0.2, 0.25) is 0 Å². The number of hydrogen-bond donors (Lipinski definition) is 1. The summed E-state index contributed by atoms with van der Waals surface area (Å²) in [5.41, 5.74) is 0. The van der Waals surface area contributed by atoms with Gasteiger partial charge >= 0.3 is 0 Å². The van der Waals surface area contributed by atoms with Crippen molar-refractivity contribution < 1.29 is 14.4 Å². The monoisotopic (exact) mass is 198 g/mol. The molecule has 5 heteroatoms. The number of likely N-dealkylation sites (tertiary alicyclic amines) is 1. The third-order valence-electron chi connectivity index (χ3n) is 2.09. The van der Waals surface area contributed by atoms with Crippen LogP contribution >= 0.6 is 0 Å². The molecule has 1 aliphatic heterocycles. The maximum Gasteiger partial charge on any atom is 0.229 e. The third-order valence-corrected chi connectivity index (χ3v) is 2.09. The van der Waals surface area contributed by atoms with Crippen LogP contribution in [0.3, 0.4) is 0 Å². The first-order valence-electron chi connectivity index (χ1n) is 4.75. The highest BCUT2D eigenvalue weighted by atomic mass is 16.2. The molecule has 1 heterocycles. The molecule has 1 saturated heterocycles. The summed E-state index contributed by atoms with van der Waals surface area (Å²) in [5.74, 6) is -0.460. The van der Waals surface area contributed by atoms with Crippen LogP contribution in [0.1, 0.15) is 26.2 Å². The number of nitrogens with one attached hydrogen (secondary N) is 1. The summed E-state index contributed by atoms with van der Waals surface area (Å²) >= 11 is 0. The molecule has 0 aromatic heterocycles. The number of amides is 3. The van der Waals surface area contributed by atoms with Crippen molar-refractivity contribution in [1.82, 2.24) is 10.2 Å². The van der Waals surface area contributed by atoms with E-state index in [1.807, 2.05) is 6.92 Å². The molecule has 14 heavy (non-hydrogen) atoms. The number of imide groups is 1. The molecule has 0 radical (unpaired) electrons. The van der Waals surface area contributed by atoms with Crippen molar-refractivity contribution >= 4 is 17.7 Å². The summed E-state index contributed by atoms with van der Waals surface area (Å²) < 4.78 is 0. The number of hydrogen-bond acceptors (Lipinski definition) is 3. The summed E-state index contributed by atoms with van der Waals surface area (Å²) in [6.45, 7) is 2.61. The standard InChI is InChI=1S/C9H14N2O3/c1-2-10-7(12)5-6-11-8(13)3-4-9(11)14/h2-6H2,1H3,(H,10,12). The first kappa shape index (κ1) is 10.7. The van der Waals surface area contributed by atoms with E-state index in [-0.39, 0.29) is 43.5 Å². The molecule has 0 unspecified atom stereocenters. The Morgan fingerprint density at radius 2 is 1.93 bits per heavy atom. The highest BCUT2D eigenvalue weighted by Gasteiger charge is 2.28. The van der Waals surface area contributed by atoms with Gasteiger partial charge in [-0.1, -0.05) is 0 Å². The smallest absolute Gasteiger partial charge is 0.229 e. The number of carbonyl (C=O) groups is 3. The summed E-state index contributed by atoms with van der Waals surface area (Å²) in [6, 6.07) is 0. The van der Waals surface area contributed by atoms with Crippen LogP contribution in [0.15, 0.2) is 0 Å². The van der Waals surface area contributed by atoms with Gasteiger partial charge in [-0.2, -0.15) is 0 Å². The fourth-order valence-corrected chi connectivity index (χ4v) is 1.37. The maximum atomic E-state index is 11.1. The second-order valence-corrected chi connectivity index (χ2v) is 3.14. The molecule has 78 valence electrons. The highest BCUT2D eigenvalue weighted by Crippen LogP contribution is 2.11. The number of nitrogens with zero attached hydrogens (tertiary/aromatic N) is 1. The lowest BCUT2D eigenvalue weighted by Crippen LogP contribution is -2.34. The molecule has 1 aliphatic rings. The van der Waals surface area contributed by atoms with E-state index < -0.39 is 0 Å². The van der Waals surface area contributed by atoms with Gasteiger partial charge in [-0.15, -0.1) is 0 Å². The zero-order valence-electron chi connectivity index (χ0n) is 8.21. The molecule has 1 fully saturated rings. The predicted octanol–water partition coefficient (Wildman–Crippen LogP) is -0.338. The Morgan fingerprint density at radius 3 is 2.43 bits per heavy atom. The molecule has 0 bridgehead atoms. The average molecular weight is 198 g/mol. The van der Waals surface area contributed by atoms with E-state index in [4.69, 9.17) is 0 Å². The lowest BCUT2D eigenvalue weighted by atomic mass is 10.3. The van der Waals surface area contributed by atoms with Crippen molar-refractivity contribution in [3.63, 3.8) is 0 Å². The molecule has 0 aromatic carbocycles. The van der Waals surface area contributed by atoms with Gasteiger partial charge in [-0.25, -0.2) is 0 Å². The van der Waals surface area contributed by atoms with E-state index in [0.29, 0.717) is 6.54 Å². The van der Waals surface area contributed by atoms with Gasteiger partial charge in [-0.3, -0.25) is 19.3 Å². The van der Waals surface area contributed by atoms with Gasteiger partial charge in [0.25, 0.3) is 0 Å². The van der Waals surface area contributed by atoms with Crippen molar-refractivity contribution in [3.8, 4) is 0 Å². The normalized spacial score (nSPS) is 16.2. The van der Waals surface area contributed by atoms with Gasteiger partial charge in [0.2, 0.25) is 17.7 Å². The zero-order chi connectivity index (χ0) is 10.6. The second-order valence-electron chi connectivity index (χ2n) is 3.14. The SMILES string of the molecule is CCNC(=O)CCN1C(=O)CCC1=O. The van der Waals surface area contributed by atoms with Crippen molar-refractivity contribution in [3.05, 3.63) is 0 Å². The van der Waals surface area contributed by atoms with Crippen LogP contribution in [0, 0.1) is 0 Å². The second kappa shape index (κ2) is 4.74. The van der Waals surface area contributed by atoms with Crippen molar-refractivity contribution in [2.75, 3.05) is 13.1 Å². The van der Waals surface area contributed by atoms with Crippen molar-refractivity contribution in [2.45, 2.75) is 26.2 Å². The van der Waals surface area contributed by atoms with E-state index >= 15 is 0 Å². The van der Waals surface area contributed by atoms with E-state index in [2.05, 4.69) is 5.32 Å². The zero-order valence-corrected chi connectivity index (χ0v) is 8.21. The van der Waals surface area contributed by atoms with Gasteiger partial charge in [0.15, 0.2) is 0 Å². The molecule has 0 spiro atoms. The van der Waals surface area contributed by atoms with Crippen molar-refractivity contribution in [2.24, 2.45) is 0 Å². The fraction of sp³-hybridized carbons (Fsp3) is 0.667. The Bertz CT molecular complexity index is 247. The molecule has 0 aromatic rings. The van der Waals surface area contributed by atoms with Crippen LogP contribution < -0.4 is 5.32 Å². The van der Waals surface area contributed by atoms with Gasteiger partial charge in [0.1, 0.15) is 0 Å². The van der Waals surface area contributed by atoms with E-state index in [1.54, 1.807) is 0 Å². The Kier molecular flexibility index (Phi) is 3.62. The average Bonchev–Trinajstić information content (AvgIpc) is 2.44. The molecule has 5 nitrogen and oxygen atoms in total. The summed E-state index contributed by atoms with van der Waals surface area (Å²) in [7, 11) is 0. The lowest BCUT2D eigenvalue weighted by Gasteiger charge is -2.12. The van der Waals surface area contributed by atoms with Crippen molar-refractivity contribution in [1.29, 1.82) is 0 Å².